The number of rotatable bonds is 4. The largest absolute Gasteiger partial charge is 0.478 e. The summed E-state index contributed by atoms with van der Waals surface area (Å²) < 4.78 is 13.0. The van der Waals surface area contributed by atoms with E-state index in [0.29, 0.717) is 17.3 Å². The molecule has 0 amide bonds. The van der Waals surface area contributed by atoms with E-state index in [9.17, 15) is 9.18 Å². The first-order chi connectivity index (χ1) is 11.5. The van der Waals surface area contributed by atoms with Gasteiger partial charge in [-0.25, -0.2) is 19.2 Å². The fraction of sp³-hybridized carbons (Fsp3) is 0.0556. The average molecular weight is 323 g/mol. The highest BCUT2D eigenvalue weighted by Crippen LogP contribution is 2.22. The van der Waals surface area contributed by atoms with E-state index in [1.807, 2.05) is 6.92 Å². The van der Waals surface area contributed by atoms with E-state index in [0.717, 1.165) is 11.1 Å². The van der Waals surface area contributed by atoms with Crippen LogP contribution in [-0.2, 0) is 0 Å². The van der Waals surface area contributed by atoms with Crippen LogP contribution in [0.15, 0.2) is 54.7 Å². The number of aromatic nitrogens is 2. The summed E-state index contributed by atoms with van der Waals surface area (Å²) in [5, 5.41) is 12.1. The van der Waals surface area contributed by atoms with Crippen LogP contribution >= 0.6 is 0 Å². The number of aryl methyl sites for hydroxylation is 1. The SMILES string of the molecule is Cc1ccc(C(=O)O)cc1Nc1nccc(-c2ccc(F)cc2)n1. The molecule has 1 aromatic heterocycles. The summed E-state index contributed by atoms with van der Waals surface area (Å²) in [7, 11) is 0. The predicted octanol–water partition coefficient (Wildman–Crippen LogP) is 4.03. The number of hydrogen-bond donors (Lipinski definition) is 2. The topological polar surface area (TPSA) is 75.1 Å². The Bertz CT molecular complexity index is 895. The second-order valence-electron chi connectivity index (χ2n) is 5.23. The van der Waals surface area contributed by atoms with Crippen molar-refractivity contribution in [3.05, 3.63) is 71.7 Å². The summed E-state index contributed by atoms with van der Waals surface area (Å²) in [4.78, 5) is 19.6. The lowest BCUT2D eigenvalue weighted by Crippen LogP contribution is -2.02. The van der Waals surface area contributed by atoms with E-state index in [1.165, 1.54) is 18.2 Å². The molecule has 0 atom stereocenters. The Morgan fingerprint density at radius 3 is 2.58 bits per heavy atom. The molecule has 0 aliphatic carbocycles. The first-order valence-corrected chi connectivity index (χ1v) is 7.23. The van der Waals surface area contributed by atoms with Crippen molar-refractivity contribution in [3.63, 3.8) is 0 Å². The Labute approximate surface area is 137 Å². The van der Waals surface area contributed by atoms with Crippen LogP contribution in [0.4, 0.5) is 16.0 Å². The van der Waals surface area contributed by atoms with Gasteiger partial charge in [0.2, 0.25) is 5.95 Å². The van der Waals surface area contributed by atoms with Gasteiger partial charge in [0.15, 0.2) is 0 Å². The lowest BCUT2D eigenvalue weighted by molar-refractivity contribution is 0.0697. The molecule has 2 N–H and O–H groups in total. The molecule has 1 heterocycles. The van der Waals surface area contributed by atoms with Crippen LogP contribution in [0.3, 0.4) is 0 Å². The van der Waals surface area contributed by atoms with Crippen molar-refractivity contribution >= 4 is 17.6 Å². The van der Waals surface area contributed by atoms with Crippen molar-refractivity contribution in [1.29, 1.82) is 0 Å². The summed E-state index contributed by atoms with van der Waals surface area (Å²) in [5.41, 5.74) is 3.07. The van der Waals surface area contributed by atoms with Gasteiger partial charge in [0.1, 0.15) is 5.82 Å². The third-order valence-electron chi connectivity index (χ3n) is 3.53. The fourth-order valence-electron chi connectivity index (χ4n) is 2.21. The van der Waals surface area contributed by atoms with Crippen LogP contribution in [-0.4, -0.2) is 21.0 Å². The van der Waals surface area contributed by atoms with E-state index >= 15 is 0 Å². The van der Waals surface area contributed by atoms with Gasteiger partial charge in [-0.3, -0.25) is 0 Å². The second-order valence-corrected chi connectivity index (χ2v) is 5.23. The van der Waals surface area contributed by atoms with Gasteiger partial charge >= 0.3 is 5.97 Å². The minimum absolute atomic E-state index is 0.179. The number of halogens is 1. The van der Waals surface area contributed by atoms with Crippen molar-refractivity contribution in [2.24, 2.45) is 0 Å². The number of carboxylic acid groups (broad SMARTS) is 1. The van der Waals surface area contributed by atoms with Crippen molar-refractivity contribution in [2.45, 2.75) is 6.92 Å². The quantitative estimate of drug-likeness (QED) is 0.758. The summed E-state index contributed by atoms with van der Waals surface area (Å²) in [6, 6.07) is 12.5. The molecule has 6 heteroatoms. The Morgan fingerprint density at radius 1 is 1.12 bits per heavy atom. The maximum atomic E-state index is 13.0. The standard InChI is InChI=1S/C18H14FN3O2/c1-11-2-3-13(17(23)24)10-16(11)22-18-20-9-8-15(21-18)12-4-6-14(19)7-5-12/h2-10H,1H3,(H,23,24)(H,20,21,22). The van der Waals surface area contributed by atoms with E-state index in [1.54, 1.807) is 36.5 Å². The van der Waals surface area contributed by atoms with E-state index < -0.39 is 5.97 Å². The summed E-state index contributed by atoms with van der Waals surface area (Å²) >= 11 is 0. The molecule has 3 aromatic rings. The molecule has 0 saturated heterocycles. The van der Waals surface area contributed by atoms with Crippen molar-refractivity contribution in [1.82, 2.24) is 9.97 Å². The molecule has 0 radical (unpaired) electrons. The zero-order valence-corrected chi connectivity index (χ0v) is 12.8. The molecular weight excluding hydrogens is 309 g/mol. The molecule has 0 aliphatic rings. The van der Waals surface area contributed by atoms with Gasteiger partial charge in [0, 0.05) is 17.4 Å². The number of benzene rings is 2. The summed E-state index contributed by atoms with van der Waals surface area (Å²) in [6.07, 6.45) is 1.59. The summed E-state index contributed by atoms with van der Waals surface area (Å²) in [6.45, 7) is 1.86. The van der Waals surface area contributed by atoms with Gasteiger partial charge in [0.05, 0.1) is 11.3 Å². The lowest BCUT2D eigenvalue weighted by atomic mass is 10.1. The molecule has 2 aromatic carbocycles. The fourth-order valence-corrected chi connectivity index (χ4v) is 2.21. The van der Waals surface area contributed by atoms with Gasteiger partial charge in [-0.1, -0.05) is 6.07 Å². The minimum atomic E-state index is -1.00. The number of nitrogens with zero attached hydrogens (tertiary/aromatic N) is 2. The van der Waals surface area contributed by atoms with Crippen LogP contribution in [0.2, 0.25) is 0 Å². The molecule has 3 rings (SSSR count). The molecule has 120 valence electrons. The number of carboxylic acids is 1. The zero-order valence-electron chi connectivity index (χ0n) is 12.8. The highest BCUT2D eigenvalue weighted by Gasteiger charge is 2.08. The molecule has 0 saturated carbocycles. The maximum Gasteiger partial charge on any atom is 0.335 e. The minimum Gasteiger partial charge on any atom is -0.478 e. The smallest absolute Gasteiger partial charge is 0.335 e. The summed E-state index contributed by atoms with van der Waals surface area (Å²) in [5.74, 6) is -0.978. The van der Waals surface area contributed by atoms with Gasteiger partial charge in [-0.2, -0.15) is 0 Å². The van der Waals surface area contributed by atoms with Gasteiger partial charge in [-0.15, -0.1) is 0 Å². The highest BCUT2D eigenvalue weighted by molar-refractivity contribution is 5.89. The van der Waals surface area contributed by atoms with Crippen LogP contribution in [0.5, 0.6) is 0 Å². The Hall–Kier alpha value is -3.28. The molecule has 24 heavy (non-hydrogen) atoms. The molecule has 0 bridgehead atoms. The first kappa shape index (κ1) is 15.6. The van der Waals surface area contributed by atoms with Gasteiger partial charge in [0.25, 0.3) is 0 Å². The normalized spacial score (nSPS) is 10.4. The highest BCUT2D eigenvalue weighted by atomic mass is 19.1. The van der Waals surface area contributed by atoms with E-state index in [2.05, 4.69) is 15.3 Å². The maximum absolute atomic E-state index is 13.0. The van der Waals surface area contributed by atoms with Gasteiger partial charge in [-0.05, 0) is 55.0 Å². The number of anilines is 2. The number of nitrogens with one attached hydrogen (secondary N) is 1. The monoisotopic (exact) mass is 323 g/mol. The molecular formula is C18H14FN3O2. The second kappa shape index (κ2) is 6.45. The third-order valence-corrected chi connectivity index (χ3v) is 3.53. The number of aromatic carboxylic acids is 1. The van der Waals surface area contributed by atoms with Crippen LogP contribution in [0.1, 0.15) is 15.9 Å². The molecule has 0 aliphatic heterocycles. The zero-order chi connectivity index (χ0) is 17.1. The first-order valence-electron chi connectivity index (χ1n) is 7.23. The van der Waals surface area contributed by atoms with E-state index in [-0.39, 0.29) is 11.4 Å². The third kappa shape index (κ3) is 3.38. The number of carbonyl (C=O) groups is 1. The van der Waals surface area contributed by atoms with Gasteiger partial charge < -0.3 is 10.4 Å². The molecule has 0 unspecified atom stereocenters. The Kier molecular flexibility index (Phi) is 4.20. The lowest BCUT2D eigenvalue weighted by Gasteiger charge is -2.10. The molecule has 0 spiro atoms. The molecule has 0 fully saturated rings. The Morgan fingerprint density at radius 2 is 1.88 bits per heavy atom. The average Bonchev–Trinajstić information content (AvgIpc) is 2.57. The van der Waals surface area contributed by atoms with Crippen LogP contribution < -0.4 is 5.32 Å². The Balaban J connectivity index is 1.91. The van der Waals surface area contributed by atoms with Crippen molar-refractivity contribution in [3.8, 4) is 11.3 Å². The number of hydrogen-bond acceptors (Lipinski definition) is 4. The van der Waals surface area contributed by atoms with Crippen LogP contribution in [0, 0.1) is 12.7 Å². The predicted molar refractivity (Wildman–Crippen MR) is 88.8 cm³/mol. The van der Waals surface area contributed by atoms with E-state index in [4.69, 9.17) is 5.11 Å². The van der Waals surface area contributed by atoms with Crippen molar-refractivity contribution in [2.75, 3.05) is 5.32 Å². The van der Waals surface area contributed by atoms with Crippen molar-refractivity contribution < 1.29 is 14.3 Å². The van der Waals surface area contributed by atoms with Crippen LogP contribution in [0.25, 0.3) is 11.3 Å². The molecule has 5 nitrogen and oxygen atoms in total.